The molecular formula is C21H26O6. The van der Waals surface area contributed by atoms with Crippen molar-refractivity contribution < 1.29 is 29.0 Å². The van der Waals surface area contributed by atoms with Gasteiger partial charge in [-0.3, -0.25) is 0 Å². The number of aliphatic carboxylic acids is 1. The number of hydrogen-bond acceptors (Lipinski definition) is 5. The Hall–Kier alpha value is -2.63. The van der Waals surface area contributed by atoms with E-state index in [9.17, 15) is 19.5 Å². The van der Waals surface area contributed by atoms with E-state index >= 15 is 0 Å². The Bertz CT molecular complexity index is 740. The minimum Gasteiger partial charge on any atom is -0.478 e. The Morgan fingerprint density at radius 2 is 2.15 bits per heavy atom. The molecule has 1 fully saturated rings. The van der Waals surface area contributed by atoms with E-state index in [0.717, 1.165) is 17.6 Å². The SMILES string of the molecule is C=C1C(=O)OC2/C=C(\C(=O)O)CC/C=C(\C)CC(OC(=O)/C=C(\C)CC)C12. The molecule has 0 radical (unpaired) electrons. The lowest BCUT2D eigenvalue weighted by Crippen LogP contribution is -2.33. The second-order valence-corrected chi connectivity index (χ2v) is 7.03. The van der Waals surface area contributed by atoms with Crippen LogP contribution < -0.4 is 0 Å². The molecule has 3 unspecified atom stereocenters. The highest BCUT2D eigenvalue weighted by molar-refractivity contribution is 5.92. The van der Waals surface area contributed by atoms with Gasteiger partial charge in [-0.05, 0) is 39.2 Å². The Balaban J connectivity index is 2.41. The lowest BCUT2D eigenvalue weighted by molar-refractivity contribution is -0.146. The van der Waals surface area contributed by atoms with E-state index in [2.05, 4.69) is 6.58 Å². The Labute approximate surface area is 159 Å². The maximum atomic E-state index is 12.3. The summed E-state index contributed by atoms with van der Waals surface area (Å²) < 4.78 is 11.0. The van der Waals surface area contributed by atoms with Crippen molar-refractivity contribution in [2.24, 2.45) is 5.92 Å². The summed E-state index contributed by atoms with van der Waals surface area (Å²) in [6, 6.07) is 0. The zero-order valence-electron chi connectivity index (χ0n) is 16.0. The largest absolute Gasteiger partial charge is 0.478 e. The molecule has 6 heteroatoms. The van der Waals surface area contributed by atoms with Crippen molar-refractivity contribution in [2.75, 3.05) is 0 Å². The number of carbonyl (C=O) groups is 3. The third kappa shape index (κ3) is 5.18. The quantitative estimate of drug-likeness (QED) is 0.460. The van der Waals surface area contributed by atoms with Crippen LogP contribution in [0.1, 0.15) is 46.5 Å². The molecule has 0 bridgehead atoms. The molecule has 1 aliphatic carbocycles. The molecule has 3 atom stereocenters. The van der Waals surface area contributed by atoms with Crippen LogP contribution >= 0.6 is 0 Å². The number of fused-ring (bicyclic) bond motifs is 1. The van der Waals surface area contributed by atoms with E-state index in [-0.39, 0.29) is 11.1 Å². The third-order valence-corrected chi connectivity index (χ3v) is 4.92. The monoisotopic (exact) mass is 374 g/mol. The fourth-order valence-electron chi connectivity index (χ4n) is 3.24. The second kappa shape index (κ2) is 8.84. The first kappa shape index (κ1) is 20.7. The normalized spacial score (nSPS) is 30.3. The van der Waals surface area contributed by atoms with Gasteiger partial charge in [-0.2, -0.15) is 0 Å². The number of hydrogen-bond donors (Lipinski definition) is 1. The molecule has 2 rings (SSSR count). The van der Waals surface area contributed by atoms with Gasteiger partial charge in [-0.15, -0.1) is 0 Å². The number of rotatable bonds is 4. The van der Waals surface area contributed by atoms with E-state index < -0.39 is 36.0 Å². The van der Waals surface area contributed by atoms with Gasteiger partial charge in [0.1, 0.15) is 12.2 Å². The average Bonchev–Trinajstić information content (AvgIpc) is 2.86. The first-order chi connectivity index (χ1) is 12.7. The van der Waals surface area contributed by atoms with Crippen molar-refractivity contribution in [2.45, 2.75) is 58.7 Å². The Morgan fingerprint density at radius 1 is 1.44 bits per heavy atom. The minimum atomic E-state index is -1.05. The van der Waals surface area contributed by atoms with Gasteiger partial charge < -0.3 is 14.6 Å². The van der Waals surface area contributed by atoms with Crippen molar-refractivity contribution in [3.63, 3.8) is 0 Å². The molecule has 0 saturated carbocycles. The summed E-state index contributed by atoms with van der Waals surface area (Å²) in [5.74, 6) is -2.75. The molecule has 1 heterocycles. The van der Waals surface area contributed by atoms with Crippen LogP contribution in [0.2, 0.25) is 0 Å². The summed E-state index contributed by atoms with van der Waals surface area (Å²) in [4.78, 5) is 35.9. The van der Waals surface area contributed by atoms with Crippen LogP contribution in [-0.4, -0.2) is 35.2 Å². The van der Waals surface area contributed by atoms with E-state index in [1.54, 1.807) is 0 Å². The van der Waals surface area contributed by atoms with Crippen molar-refractivity contribution in [3.8, 4) is 0 Å². The molecule has 27 heavy (non-hydrogen) atoms. The maximum Gasteiger partial charge on any atom is 0.334 e. The van der Waals surface area contributed by atoms with Crippen LogP contribution in [0.3, 0.4) is 0 Å². The molecule has 0 aromatic heterocycles. The summed E-state index contributed by atoms with van der Waals surface area (Å²) in [6.07, 6.45) is 5.39. The minimum absolute atomic E-state index is 0.172. The van der Waals surface area contributed by atoms with Crippen LogP contribution in [0.5, 0.6) is 0 Å². The fraction of sp³-hybridized carbons (Fsp3) is 0.476. The van der Waals surface area contributed by atoms with Gasteiger partial charge in [-0.25, -0.2) is 14.4 Å². The van der Waals surface area contributed by atoms with Gasteiger partial charge in [0.25, 0.3) is 0 Å². The lowest BCUT2D eigenvalue weighted by atomic mass is 9.85. The molecule has 2 aliphatic rings. The van der Waals surface area contributed by atoms with E-state index in [1.165, 1.54) is 12.2 Å². The smallest absolute Gasteiger partial charge is 0.334 e. The van der Waals surface area contributed by atoms with Crippen molar-refractivity contribution in [1.82, 2.24) is 0 Å². The number of esters is 2. The van der Waals surface area contributed by atoms with E-state index in [1.807, 2.05) is 26.8 Å². The Morgan fingerprint density at radius 3 is 2.78 bits per heavy atom. The summed E-state index contributed by atoms with van der Waals surface area (Å²) in [7, 11) is 0. The predicted molar refractivity (Wildman–Crippen MR) is 99.8 cm³/mol. The van der Waals surface area contributed by atoms with Gasteiger partial charge in [0.05, 0.1) is 5.92 Å². The molecule has 1 saturated heterocycles. The summed E-state index contributed by atoms with van der Waals surface area (Å²) in [6.45, 7) is 9.47. The first-order valence-electron chi connectivity index (χ1n) is 9.10. The molecule has 6 nitrogen and oxygen atoms in total. The number of allylic oxidation sites excluding steroid dienone is 2. The zero-order chi connectivity index (χ0) is 20.1. The lowest BCUT2D eigenvalue weighted by Gasteiger charge is -2.27. The van der Waals surface area contributed by atoms with Crippen LogP contribution in [0.25, 0.3) is 0 Å². The molecule has 0 spiro atoms. The highest BCUT2D eigenvalue weighted by Gasteiger charge is 2.44. The number of ether oxygens (including phenoxy) is 2. The van der Waals surface area contributed by atoms with Gasteiger partial charge >= 0.3 is 17.9 Å². The van der Waals surface area contributed by atoms with Crippen LogP contribution in [0, 0.1) is 5.92 Å². The number of carboxylic acids is 1. The molecule has 1 aliphatic heterocycles. The van der Waals surface area contributed by atoms with E-state index in [0.29, 0.717) is 19.3 Å². The summed E-state index contributed by atoms with van der Waals surface area (Å²) in [5, 5.41) is 9.43. The highest BCUT2D eigenvalue weighted by atomic mass is 16.6. The summed E-state index contributed by atoms with van der Waals surface area (Å²) >= 11 is 0. The first-order valence-corrected chi connectivity index (χ1v) is 9.10. The van der Waals surface area contributed by atoms with Gasteiger partial charge in [0.15, 0.2) is 0 Å². The topological polar surface area (TPSA) is 89.9 Å². The zero-order valence-corrected chi connectivity index (χ0v) is 16.0. The van der Waals surface area contributed by atoms with Gasteiger partial charge in [0, 0.05) is 23.6 Å². The predicted octanol–water partition coefficient (Wildman–Crippen LogP) is 3.49. The number of carbonyl (C=O) groups excluding carboxylic acids is 2. The van der Waals surface area contributed by atoms with E-state index in [4.69, 9.17) is 9.47 Å². The van der Waals surface area contributed by atoms with Crippen LogP contribution in [0.4, 0.5) is 0 Å². The fourth-order valence-corrected chi connectivity index (χ4v) is 3.24. The van der Waals surface area contributed by atoms with Crippen LogP contribution in [-0.2, 0) is 23.9 Å². The standard InChI is InChI=1S/C21H26O6/c1-5-12(2)10-18(22)26-16-9-13(3)7-6-8-15(20(23)24)11-17-19(16)14(4)21(25)27-17/h7,10-11,16-17,19H,4-6,8-9H2,1-3H3,(H,23,24)/b12-10+,13-7+,15-11-. The Kier molecular flexibility index (Phi) is 6.77. The van der Waals surface area contributed by atoms with Crippen molar-refractivity contribution in [3.05, 3.63) is 47.1 Å². The van der Waals surface area contributed by atoms with Crippen molar-refractivity contribution >= 4 is 17.9 Å². The maximum absolute atomic E-state index is 12.3. The molecule has 1 N–H and O–H groups in total. The average molecular weight is 374 g/mol. The summed E-state index contributed by atoms with van der Waals surface area (Å²) in [5.41, 5.74) is 2.21. The van der Waals surface area contributed by atoms with Gasteiger partial charge in [-0.1, -0.05) is 30.7 Å². The second-order valence-electron chi connectivity index (χ2n) is 7.03. The molecular weight excluding hydrogens is 348 g/mol. The molecule has 0 aromatic rings. The van der Waals surface area contributed by atoms with Gasteiger partial charge in [0.2, 0.25) is 0 Å². The molecule has 0 amide bonds. The highest BCUT2D eigenvalue weighted by Crippen LogP contribution is 2.36. The van der Waals surface area contributed by atoms with Crippen molar-refractivity contribution in [1.29, 1.82) is 0 Å². The molecule has 0 aromatic carbocycles. The third-order valence-electron chi connectivity index (χ3n) is 4.92. The number of carboxylic acid groups (broad SMARTS) is 1. The van der Waals surface area contributed by atoms with Crippen LogP contribution in [0.15, 0.2) is 47.1 Å². The molecule has 146 valence electrons.